The van der Waals surface area contributed by atoms with Crippen molar-refractivity contribution in [2.24, 2.45) is 0 Å². The maximum absolute atomic E-state index is 13.5. The lowest BCUT2D eigenvalue weighted by molar-refractivity contribution is -0.384. The third-order valence-corrected chi connectivity index (χ3v) is 2.83. The lowest BCUT2D eigenvalue weighted by Gasteiger charge is -2.08. The van der Waals surface area contributed by atoms with Gasteiger partial charge in [-0.1, -0.05) is 23.7 Å². The van der Waals surface area contributed by atoms with Gasteiger partial charge in [-0.05, 0) is 18.2 Å². The molecule has 0 spiro atoms. The minimum absolute atomic E-state index is 0.0860. The molecule has 0 saturated carbocycles. The van der Waals surface area contributed by atoms with Crippen LogP contribution in [-0.4, -0.2) is 4.92 Å². The second kappa shape index (κ2) is 5.67. The molecule has 0 aliphatic carbocycles. The summed E-state index contributed by atoms with van der Waals surface area (Å²) in [5.74, 6) is -0.188. The van der Waals surface area contributed by atoms with Crippen LogP contribution in [0.2, 0.25) is 5.02 Å². The Kier molecular flexibility index (Phi) is 3.97. The molecule has 2 aromatic rings. The molecule has 4 nitrogen and oxygen atoms in total. The Hall–Kier alpha value is -2.14. The van der Waals surface area contributed by atoms with Gasteiger partial charge in [0.15, 0.2) is 0 Å². The van der Waals surface area contributed by atoms with E-state index in [2.05, 4.69) is 0 Å². The molecule has 2 aromatic carbocycles. The number of non-ortho nitro benzene ring substituents is 1. The molecule has 0 radical (unpaired) electrons. The van der Waals surface area contributed by atoms with Crippen molar-refractivity contribution in [3.05, 3.63) is 69.0 Å². The van der Waals surface area contributed by atoms with Crippen LogP contribution in [0.4, 0.5) is 10.1 Å². The predicted molar refractivity (Wildman–Crippen MR) is 68.8 cm³/mol. The van der Waals surface area contributed by atoms with Gasteiger partial charge in [0.05, 0.1) is 16.0 Å². The van der Waals surface area contributed by atoms with Crippen LogP contribution < -0.4 is 4.74 Å². The lowest BCUT2D eigenvalue weighted by Crippen LogP contribution is -2.00. The van der Waals surface area contributed by atoms with Crippen LogP contribution in [-0.2, 0) is 6.61 Å². The van der Waals surface area contributed by atoms with Crippen molar-refractivity contribution >= 4 is 17.3 Å². The molecule has 2 rings (SSSR count). The minimum Gasteiger partial charge on any atom is -0.488 e. The Balaban J connectivity index is 2.15. The van der Waals surface area contributed by atoms with E-state index in [1.807, 2.05) is 0 Å². The third-order valence-electron chi connectivity index (χ3n) is 2.47. The summed E-state index contributed by atoms with van der Waals surface area (Å²) in [4.78, 5) is 10.1. The lowest BCUT2D eigenvalue weighted by atomic mass is 10.2. The number of benzene rings is 2. The normalized spacial score (nSPS) is 10.2. The number of nitrogens with zero attached hydrogens (tertiary/aromatic N) is 1. The maximum atomic E-state index is 13.5. The van der Waals surface area contributed by atoms with E-state index in [1.165, 1.54) is 30.3 Å². The molecular weight excluding hydrogens is 273 g/mol. The van der Waals surface area contributed by atoms with Gasteiger partial charge in [0.1, 0.15) is 18.2 Å². The van der Waals surface area contributed by atoms with Crippen LogP contribution in [0.3, 0.4) is 0 Å². The molecular formula is C13H9ClFNO3. The molecule has 0 amide bonds. The standard InChI is InChI=1S/C13H9ClFNO3/c14-12-5-2-6-13(15)11(12)8-19-10-4-1-3-9(7-10)16(17)18/h1-7H,8H2. The van der Waals surface area contributed by atoms with Gasteiger partial charge in [0.2, 0.25) is 0 Å². The average molecular weight is 282 g/mol. The Bertz CT molecular complexity index is 598. The zero-order valence-electron chi connectivity index (χ0n) is 9.68. The van der Waals surface area contributed by atoms with E-state index >= 15 is 0 Å². The van der Waals surface area contributed by atoms with Crippen molar-refractivity contribution in [3.63, 3.8) is 0 Å². The average Bonchev–Trinajstić information content (AvgIpc) is 2.38. The molecule has 0 aliphatic heterocycles. The monoisotopic (exact) mass is 281 g/mol. The fraction of sp³-hybridized carbons (Fsp3) is 0.0769. The molecule has 0 saturated heterocycles. The number of rotatable bonds is 4. The SMILES string of the molecule is O=[N+]([O-])c1cccc(OCc2c(F)cccc2Cl)c1. The van der Waals surface area contributed by atoms with Crippen molar-refractivity contribution in [3.8, 4) is 5.75 Å². The highest BCUT2D eigenvalue weighted by Crippen LogP contribution is 2.23. The van der Waals surface area contributed by atoms with Gasteiger partial charge in [-0.3, -0.25) is 10.1 Å². The highest BCUT2D eigenvalue weighted by molar-refractivity contribution is 6.31. The van der Waals surface area contributed by atoms with E-state index in [0.717, 1.165) is 0 Å². The summed E-state index contributed by atoms with van der Waals surface area (Å²) in [6, 6.07) is 10.00. The topological polar surface area (TPSA) is 52.4 Å². The Morgan fingerprint density at radius 2 is 2.00 bits per heavy atom. The first-order valence-electron chi connectivity index (χ1n) is 5.38. The van der Waals surface area contributed by atoms with Gasteiger partial charge in [0, 0.05) is 11.6 Å². The molecule has 0 atom stereocenters. The second-order valence-corrected chi connectivity index (χ2v) is 4.15. The first-order valence-corrected chi connectivity index (χ1v) is 5.76. The van der Waals surface area contributed by atoms with E-state index in [1.54, 1.807) is 12.1 Å². The van der Waals surface area contributed by atoms with E-state index in [0.29, 0.717) is 0 Å². The van der Waals surface area contributed by atoms with Crippen LogP contribution >= 0.6 is 11.6 Å². The number of hydrogen-bond donors (Lipinski definition) is 0. The zero-order chi connectivity index (χ0) is 13.8. The molecule has 0 aliphatic rings. The number of hydrogen-bond acceptors (Lipinski definition) is 3. The molecule has 19 heavy (non-hydrogen) atoms. The molecule has 0 unspecified atom stereocenters. The first kappa shape index (κ1) is 13.3. The first-order chi connectivity index (χ1) is 9.08. The number of nitro groups is 1. The van der Waals surface area contributed by atoms with E-state index in [9.17, 15) is 14.5 Å². The highest BCUT2D eigenvalue weighted by atomic mass is 35.5. The van der Waals surface area contributed by atoms with Crippen LogP contribution in [0.25, 0.3) is 0 Å². The van der Waals surface area contributed by atoms with Crippen molar-refractivity contribution in [1.29, 1.82) is 0 Å². The van der Waals surface area contributed by atoms with Gasteiger partial charge >= 0.3 is 0 Å². The largest absolute Gasteiger partial charge is 0.488 e. The Morgan fingerprint density at radius 1 is 1.26 bits per heavy atom. The summed E-state index contributed by atoms with van der Waals surface area (Å²) < 4.78 is 18.8. The Morgan fingerprint density at radius 3 is 2.68 bits per heavy atom. The summed E-state index contributed by atoms with van der Waals surface area (Å²) in [7, 11) is 0. The number of nitro benzene ring substituents is 1. The summed E-state index contributed by atoms with van der Waals surface area (Å²) >= 11 is 5.85. The van der Waals surface area contributed by atoms with Gasteiger partial charge in [-0.15, -0.1) is 0 Å². The summed E-state index contributed by atoms with van der Waals surface area (Å²) in [5.41, 5.74) is 0.132. The van der Waals surface area contributed by atoms with Crippen molar-refractivity contribution in [1.82, 2.24) is 0 Å². The molecule has 0 heterocycles. The number of halogens is 2. The van der Waals surface area contributed by atoms with E-state index in [-0.39, 0.29) is 28.6 Å². The molecule has 0 bridgehead atoms. The van der Waals surface area contributed by atoms with Crippen LogP contribution in [0.5, 0.6) is 5.75 Å². The van der Waals surface area contributed by atoms with Crippen LogP contribution in [0.15, 0.2) is 42.5 Å². The van der Waals surface area contributed by atoms with Crippen molar-refractivity contribution < 1.29 is 14.1 Å². The second-order valence-electron chi connectivity index (χ2n) is 3.74. The highest BCUT2D eigenvalue weighted by Gasteiger charge is 2.10. The van der Waals surface area contributed by atoms with Crippen molar-refractivity contribution in [2.75, 3.05) is 0 Å². The summed E-state index contributed by atoms with van der Waals surface area (Å²) in [5, 5.41) is 10.9. The Labute approximate surface area is 113 Å². The van der Waals surface area contributed by atoms with Gasteiger partial charge in [-0.2, -0.15) is 0 Å². The van der Waals surface area contributed by atoms with Crippen molar-refractivity contribution in [2.45, 2.75) is 6.61 Å². The fourth-order valence-corrected chi connectivity index (χ4v) is 1.73. The molecule has 0 N–H and O–H groups in total. The molecule has 0 aromatic heterocycles. The van der Waals surface area contributed by atoms with E-state index in [4.69, 9.17) is 16.3 Å². The maximum Gasteiger partial charge on any atom is 0.273 e. The molecule has 98 valence electrons. The fourth-order valence-electron chi connectivity index (χ4n) is 1.51. The van der Waals surface area contributed by atoms with E-state index < -0.39 is 10.7 Å². The number of ether oxygens (including phenoxy) is 1. The predicted octanol–water partition coefficient (Wildman–Crippen LogP) is 3.97. The molecule has 0 fully saturated rings. The van der Waals surface area contributed by atoms with Crippen LogP contribution in [0, 0.1) is 15.9 Å². The minimum atomic E-state index is -0.525. The van der Waals surface area contributed by atoms with Gasteiger partial charge in [0.25, 0.3) is 5.69 Å². The summed E-state index contributed by atoms with van der Waals surface area (Å²) in [6.07, 6.45) is 0. The third kappa shape index (κ3) is 3.20. The van der Waals surface area contributed by atoms with Crippen LogP contribution in [0.1, 0.15) is 5.56 Å². The zero-order valence-corrected chi connectivity index (χ0v) is 10.4. The molecule has 6 heteroatoms. The van der Waals surface area contributed by atoms with Gasteiger partial charge < -0.3 is 4.74 Å². The summed E-state index contributed by atoms with van der Waals surface area (Å²) in [6.45, 7) is -0.0906. The quantitative estimate of drug-likeness (QED) is 0.629. The van der Waals surface area contributed by atoms with Gasteiger partial charge in [-0.25, -0.2) is 4.39 Å². The smallest absolute Gasteiger partial charge is 0.273 e.